The first-order valence-corrected chi connectivity index (χ1v) is 6.46. The zero-order valence-corrected chi connectivity index (χ0v) is 11.5. The Morgan fingerprint density at radius 3 is 2.47 bits per heavy atom. The number of benzene rings is 1. The van der Waals surface area contributed by atoms with Gasteiger partial charge < -0.3 is 15.0 Å². The van der Waals surface area contributed by atoms with Crippen molar-refractivity contribution in [1.82, 2.24) is 4.90 Å². The molecule has 1 aromatic carbocycles. The zero-order chi connectivity index (χ0) is 13.8. The molecule has 7 heteroatoms. The fourth-order valence-corrected chi connectivity index (χ4v) is 1.97. The third kappa shape index (κ3) is 3.59. The van der Waals surface area contributed by atoms with Crippen LogP contribution in [0.25, 0.3) is 0 Å². The summed E-state index contributed by atoms with van der Waals surface area (Å²) in [5.74, 6) is -1.27. The second kappa shape index (κ2) is 6.23. The molecule has 1 saturated heterocycles. The maximum Gasteiger partial charge on any atom is 0.313 e. The van der Waals surface area contributed by atoms with Crippen molar-refractivity contribution in [2.45, 2.75) is 0 Å². The average Bonchev–Trinajstić information content (AvgIpc) is 2.43. The highest BCUT2D eigenvalue weighted by Crippen LogP contribution is 2.24. The standard InChI is InChI=1S/C12H12Cl2N2O3/c13-9-2-1-8(7-10(9)14)15-11(17)12(18)16-3-5-19-6-4-16/h1-2,7H,3-6H2,(H,15,17). The van der Waals surface area contributed by atoms with Gasteiger partial charge in [0.15, 0.2) is 0 Å². The summed E-state index contributed by atoms with van der Waals surface area (Å²) in [5.41, 5.74) is 0.431. The van der Waals surface area contributed by atoms with E-state index in [-0.39, 0.29) is 0 Å². The molecule has 1 heterocycles. The monoisotopic (exact) mass is 302 g/mol. The molecule has 1 aliphatic rings. The molecule has 19 heavy (non-hydrogen) atoms. The maximum absolute atomic E-state index is 11.9. The first-order chi connectivity index (χ1) is 9.08. The maximum atomic E-state index is 11.9. The van der Waals surface area contributed by atoms with Gasteiger partial charge in [-0.1, -0.05) is 23.2 Å². The van der Waals surface area contributed by atoms with Gasteiger partial charge in [0.25, 0.3) is 0 Å². The van der Waals surface area contributed by atoms with E-state index in [0.717, 1.165) is 0 Å². The van der Waals surface area contributed by atoms with Crippen LogP contribution in [0, 0.1) is 0 Å². The van der Waals surface area contributed by atoms with Crippen LogP contribution in [0.3, 0.4) is 0 Å². The highest BCUT2D eigenvalue weighted by Gasteiger charge is 2.23. The molecule has 1 N–H and O–H groups in total. The molecule has 102 valence electrons. The number of carbonyl (C=O) groups is 2. The Balaban J connectivity index is 1.99. The Morgan fingerprint density at radius 1 is 1.16 bits per heavy atom. The number of carbonyl (C=O) groups excluding carboxylic acids is 2. The largest absolute Gasteiger partial charge is 0.378 e. The minimum absolute atomic E-state index is 0.318. The summed E-state index contributed by atoms with van der Waals surface area (Å²) in [6.45, 7) is 1.75. The van der Waals surface area contributed by atoms with Gasteiger partial charge >= 0.3 is 11.8 Å². The Labute approximate surface area is 120 Å². The van der Waals surface area contributed by atoms with Crippen molar-refractivity contribution in [1.29, 1.82) is 0 Å². The minimum Gasteiger partial charge on any atom is -0.378 e. The van der Waals surface area contributed by atoms with Gasteiger partial charge in [0.1, 0.15) is 0 Å². The lowest BCUT2D eigenvalue weighted by molar-refractivity contribution is -0.145. The molecule has 0 unspecified atom stereocenters. The molecular formula is C12H12Cl2N2O3. The lowest BCUT2D eigenvalue weighted by Crippen LogP contribution is -2.45. The Kier molecular flexibility index (Phi) is 4.63. The average molecular weight is 303 g/mol. The Morgan fingerprint density at radius 2 is 1.84 bits per heavy atom. The van der Waals surface area contributed by atoms with Crippen LogP contribution in [0.4, 0.5) is 5.69 Å². The van der Waals surface area contributed by atoms with E-state index in [1.54, 1.807) is 12.1 Å². The highest BCUT2D eigenvalue weighted by atomic mass is 35.5. The van der Waals surface area contributed by atoms with Gasteiger partial charge in [0.2, 0.25) is 0 Å². The summed E-state index contributed by atoms with van der Waals surface area (Å²) in [4.78, 5) is 25.1. The Hall–Kier alpha value is -1.30. The number of ether oxygens (including phenoxy) is 1. The second-order valence-corrected chi connectivity index (χ2v) is 4.80. The minimum atomic E-state index is -0.694. The number of nitrogens with one attached hydrogen (secondary N) is 1. The fourth-order valence-electron chi connectivity index (χ4n) is 1.67. The van der Waals surface area contributed by atoms with Crippen molar-refractivity contribution in [2.24, 2.45) is 0 Å². The van der Waals surface area contributed by atoms with Crippen molar-refractivity contribution in [2.75, 3.05) is 31.6 Å². The van der Waals surface area contributed by atoms with Gasteiger partial charge in [-0.25, -0.2) is 0 Å². The van der Waals surface area contributed by atoms with Crippen LogP contribution in [0.5, 0.6) is 0 Å². The highest BCUT2D eigenvalue weighted by molar-refractivity contribution is 6.42. The first-order valence-electron chi connectivity index (χ1n) is 5.71. The van der Waals surface area contributed by atoms with Crippen LogP contribution in [0.2, 0.25) is 10.0 Å². The van der Waals surface area contributed by atoms with Crippen molar-refractivity contribution >= 4 is 40.7 Å². The van der Waals surface area contributed by atoms with Crippen molar-refractivity contribution in [3.05, 3.63) is 28.2 Å². The molecule has 1 aliphatic heterocycles. The number of anilines is 1. The van der Waals surface area contributed by atoms with E-state index in [2.05, 4.69) is 5.32 Å². The van der Waals surface area contributed by atoms with Gasteiger partial charge in [0.05, 0.1) is 23.3 Å². The summed E-state index contributed by atoms with van der Waals surface area (Å²) >= 11 is 11.6. The van der Waals surface area contributed by atoms with E-state index in [0.29, 0.717) is 42.0 Å². The van der Waals surface area contributed by atoms with Crippen molar-refractivity contribution in [3.8, 4) is 0 Å². The number of halogens is 2. The topological polar surface area (TPSA) is 58.6 Å². The van der Waals surface area contributed by atoms with E-state index in [9.17, 15) is 9.59 Å². The summed E-state index contributed by atoms with van der Waals surface area (Å²) in [6, 6.07) is 4.63. The Bertz CT molecular complexity index is 502. The predicted molar refractivity (Wildman–Crippen MR) is 72.5 cm³/mol. The molecule has 2 amide bonds. The number of hydrogen-bond acceptors (Lipinski definition) is 3. The quantitative estimate of drug-likeness (QED) is 0.805. The molecule has 1 fully saturated rings. The molecule has 0 radical (unpaired) electrons. The normalized spacial score (nSPS) is 15.2. The molecule has 5 nitrogen and oxygen atoms in total. The molecule has 0 saturated carbocycles. The van der Waals surface area contributed by atoms with Gasteiger partial charge in [-0.05, 0) is 18.2 Å². The molecule has 0 bridgehead atoms. The summed E-state index contributed by atoms with van der Waals surface area (Å²) in [7, 11) is 0. The van der Waals surface area contributed by atoms with Crippen LogP contribution in [0.15, 0.2) is 18.2 Å². The third-order valence-electron chi connectivity index (χ3n) is 2.67. The molecule has 0 aromatic heterocycles. The SMILES string of the molecule is O=C(Nc1ccc(Cl)c(Cl)c1)C(=O)N1CCOCC1. The van der Waals surface area contributed by atoms with Gasteiger partial charge in [-0.15, -0.1) is 0 Å². The zero-order valence-electron chi connectivity index (χ0n) is 9.99. The molecule has 0 aliphatic carbocycles. The van der Waals surface area contributed by atoms with Crippen LogP contribution >= 0.6 is 23.2 Å². The second-order valence-electron chi connectivity index (χ2n) is 3.99. The number of nitrogens with zero attached hydrogens (tertiary/aromatic N) is 1. The predicted octanol–water partition coefficient (Wildman–Crippen LogP) is 1.79. The summed E-state index contributed by atoms with van der Waals surface area (Å²) in [5, 5.41) is 3.20. The van der Waals surface area contributed by atoms with Crippen LogP contribution < -0.4 is 5.32 Å². The number of rotatable bonds is 1. The van der Waals surface area contributed by atoms with E-state index in [4.69, 9.17) is 27.9 Å². The van der Waals surface area contributed by atoms with Crippen LogP contribution in [0.1, 0.15) is 0 Å². The van der Waals surface area contributed by atoms with Crippen molar-refractivity contribution in [3.63, 3.8) is 0 Å². The van der Waals surface area contributed by atoms with Crippen molar-refractivity contribution < 1.29 is 14.3 Å². The molecule has 0 atom stereocenters. The van der Waals surface area contributed by atoms with Gasteiger partial charge in [-0.3, -0.25) is 9.59 Å². The van der Waals surface area contributed by atoms with E-state index in [1.807, 2.05) is 0 Å². The number of hydrogen-bond donors (Lipinski definition) is 1. The van der Waals surface area contributed by atoms with E-state index in [1.165, 1.54) is 11.0 Å². The lowest BCUT2D eigenvalue weighted by atomic mass is 10.3. The van der Waals surface area contributed by atoms with Gasteiger partial charge in [0, 0.05) is 18.8 Å². The first kappa shape index (κ1) is 14.1. The molecule has 0 spiro atoms. The molecule has 2 rings (SSSR count). The fraction of sp³-hybridized carbons (Fsp3) is 0.333. The van der Waals surface area contributed by atoms with E-state index >= 15 is 0 Å². The number of morpholine rings is 1. The number of amides is 2. The van der Waals surface area contributed by atoms with Crippen LogP contribution in [-0.4, -0.2) is 43.0 Å². The summed E-state index contributed by atoms with van der Waals surface area (Å²) in [6.07, 6.45) is 0. The third-order valence-corrected chi connectivity index (χ3v) is 3.41. The smallest absolute Gasteiger partial charge is 0.313 e. The molecular weight excluding hydrogens is 291 g/mol. The molecule has 1 aromatic rings. The van der Waals surface area contributed by atoms with Crippen LogP contribution in [-0.2, 0) is 14.3 Å². The van der Waals surface area contributed by atoms with Gasteiger partial charge in [-0.2, -0.15) is 0 Å². The lowest BCUT2D eigenvalue weighted by Gasteiger charge is -2.26. The van der Waals surface area contributed by atoms with E-state index < -0.39 is 11.8 Å². The summed E-state index contributed by atoms with van der Waals surface area (Å²) < 4.78 is 5.12.